The van der Waals surface area contributed by atoms with E-state index in [4.69, 9.17) is 11.6 Å². The second kappa shape index (κ2) is 9.48. The first-order valence-electron chi connectivity index (χ1n) is 10.6. The maximum Gasteiger partial charge on any atom is 0.254 e. The molecule has 0 aliphatic heterocycles. The number of amides is 1. The van der Waals surface area contributed by atoms with E-state index in [9.17, 15) is 9.18 Å². The minimum Gasteiger partial charge on any atom is -0.345 e. The molecule has 5 heteroatoms. The summed E-state index contributed by atoms with van der Waals surface area (Å²) in [5, 5.41) is 0.733. The second-order valence-corrected chi connectivity index (χ2v) is 8.36. The highest BCUT2D eigenvalue weighted by Gasteiger charge is 2.27. The molecule has 0 unspecified atom stereocenters. The van der Waals surface area contributed by atoms with Gasteiger partial charge in [0.25, 0.3) is 5.91 Å². The molecular formula is C25H26ClFN2O. The molecule has 1 saturated carbocycles. The zero-order valence-electron chi connectivity index (χ0n) is 16.9. The summed E-state index contributed by atoms with van der Waals surface area (Å²) in [5.41, 5.74) is 2.49. The Morgan fingerprint density at radius 3 is 2.60 bits per heavy atom. The minimum absolute atomic E-state index is 0.105. The maximum absolute atomic E-state index is 13.8. The van der Waals surface area contributed by atoms with E-state index in [0.29, 0.717) is 18.7 Å². The molecule has 1 heterocycles. The van der Waals surface area contributed by atoms with Crippen molar-refractivity contribution in [2.45, 2.75) is 51.2 Å². The molecule has 2 aromatic carbocycles. The minimum atomic E-state index is -0.383. The van der Waals surface area contributed by atoms with E-state index in [1.807, 2.05) is 47.5 Å². The van der Waals surface area contributed by atoms with Crippen LogP contribution in [-0.4, -0.2) is 21.4 Å². The van der Waals surface area contributed by atoms with Crippen molar-refractivity contribution in [3.63, 3.8) is 0 Å². The molecule has 1 aliphatic rings. The summed E-state index contributed by atoms with van der Waals surface area (Å²) < 4.78 is 15.9. The smallest absolute Gasteiger partial charge is 0.254 e. The molecule has 1 aliphatic carbocycles. The fourth-order valence-electron chi connectivity index (χ4n) is 4.28. The van der Waals surface area contributed by atoms with Gasteiger partial charge >= 0.3 is 0 Å². The van der Waals surface area contributed by atoms with Crippen LogP contribution < -0.4 is 0 Å². The summed E-state index contributed by atoms with van der Waals surface area (Å²) >= 11 is 6.35. The molecular weight excluding hydrogens is 399 g/mol. The average molecular weight is 425 g/mol. The van der Waals surface area contributed by atoms with Crippen molar-refractivity contribution in [2.24, 2.45) is 0 Å². The van der Waals surface area contributed by atoms with Gasteiger partial charge in [-0.15, -0.1) is 0 Å². The molecule has 0 atom stereocenters. The van der Waals surface area contributed by atoms with Gasteiger partial charge in [-0.2, -0.15) is 0 Å². The van der Waals surface area contributed by atoms with Gasteiger partial charge in [-0.1, -0.05) is 55.1 Å². The summed E-state index contributed by atoms with van der Waals surface area (Å²) in [6.07, 6.45) is 7.46. The molecule has 1 amide bonds. The largest absolute Gasteiger partial charge is 0.345 e. The monoisotopic (exact) mass is 424 g/mol. The molecule has 0 spiro atoms. The van der Waals surface area contributed by atoms with Crippen molar-refractivity contribution in [3.05, 3.63) is 94.5 Å². The molecule has 1 aromatic heterocycles. The van der Waals surface area contributed by atoms with Crippen LogP contribution in [-0.2, 0) is 13.1 Å². The molecule has 156 valence electrons. The fraction of sp³-hybridized carbons (Fsp3) is 0.320. The van der Waals surface area contributed by atoms with Gasteiger partial charge in [-0.05, 0) is 54.8 Å². The van der Waals surface area contributed by atoms with Crippen LogP contribution in [0.4, 0.5) is 4.39 Å². The predicted molar refractivity (Wildman–Crippen MR) is 118 cm³/mol. The Morgan fingerprint density at radius 1 is 1.03 bits per heavy atom. The van der Waals surface area contributed by atoms with Gasteiger partial charge in [0.15, 0.2) is 0 Å². The van der Waals surface area contributed by atoms with Gasteiger partial charge in [0.1, 0.15) is 5.82 Å². The fourth-order valence-corrected chi connectivity index (χ4v) is 4.47. The van der Waals surface area contributed by atoms with Gasteiger partial charge in [-0.25, -0.2) is 4.39 Å². The first-order chi connectivity index (χ1) is 14.6. The average Bonchev–Trinajstić information content (AvgIpc) is 3.20. The van der Waals surface area contributed by atoms with Gasteiger partial charge in [0.05, 0.1) is 6.54 Å². The number of rotatable bonds is 6. The highest BCUT2D eigenvalue weighted by Crippen LogP contribution is 2.26. The molecule has 30 heavy (non-hydrogen) atoms. The van der Waals surface area contributed by atoms with E-state index in [0.717, 1.165) is 42.0 Å². The number of hydrogen-bond acceptors (Lipinski definition) is 1. The zero-order chi connectivity index (χ0) is 20.9. The third-order valence-corrected chi connectivity index (χ3v) is 6.27. The van der Waals surface area contributed by atoms with Gasteiger partial charge in [-0.3, -0.25) is 4.79 Å². The van der Waals surface area contributed by atoms with Crippen LogP contribution in [0.2, 0.25) is 5.02 Å². The zero-order valence-corrected chi connectivity index (χ0v) is 17.7. The van der Waals surface area contributed by atoms with E-state index in [1.54, 1.807) is 12.1 Å². The summed E-state index contributed by atoms with van der Waals surface area (Å²) in [6.45, 7) is 1.14. The number of halogens is 2. The highest BCUT2D eigenvalue weighted by atomic mass is 35.5. The Labute approximate surface area is 182 Å². The van der Waals surface area contributed by atoms with Crippen LogP contribution in [0.5, 0.6) is 0 Å². The Hall–Kier alpha value is -2.59. The first-order valence-corrected chi connectivity index (χ1v) is 10.9. The molecule has 0 radical (unpaired) electrons. The molecule has 3 nitrogen and oxygen atoms in total. The number of hydrogen-bond donors (Lipinski definition) is 0. The van der Waals surface area contributed by atoms with E-state index < -0.39 is 0 Å². The van der Waals surface area contributed by atoms with E-state index >= 15 is 0 Å². The molecule has 3 aromatic rings. The first kappa shape index (κ1) is 20.7. The summed E-state index contributed by atoms with van der Waals surface area (Å²) in [6, 6.07) is 18.0. The predicted octanol–water partition coefficient (Wildman–Crippen LogP) is 6.30. The van der Waals surface area contributed by atoms with Crippen molar-refractivity contribution in [1.29, 1.82) is 0 Å². The Kier molecular flexibility index (Phi) is 6.53. The SMILES string of the molecule is O=C(c1cccc(F)c1)N(Cc1cccn1Cc1ccccc1Cl)C1CCCCC1. The van der Waals surface area contributed by atoms with Crippen LogP contribution in [0.1, 0.15) is 53.7 Å². The van der Waals surface area contributed by atoms with Crippen molar-refractivity contribution in [2.75, 3.05) is 0 Å². The van der Waals surface area contributed by atoms with Crippen LogP contribution >= 0.6 is 11.6 Å². The normalized spacial score (nSPS) is 14.6. The number of aromatic nitrogens is 1. The van der Waals surface area contributed by atoms with Crippen molar-refractivity contribution in [3.8, 4) is 0 Å². The van der Waals surface area contributed by atoms with Gasteiger partial charge in [0.2, 0.25) is 0 Å². The number of nitrogens with zero attached hydrogens (tertiary/aromatic N) is 2. The van der Waals surface area contributed by atoms with Crippen LogP contribution in [0.25, 0.3) is 0 Å². The third-order valence-electron chi connectivity index (χ3n) is 5.90. The molecule has 0 bridgehead atoms. The van der Waals surface area contributed by atoms with E-state index in [2.05, 4.69) is 4.57 Å². The lowest BCUT2D eigenvalue weighted by Crippen LogP contribution is -2.41. The summed E-state index contributed by atoms with van der Waals surface area (Å²) in [4.78, 5) is 15.3. The molecule has 4 rings (SSSR count). The number of benzene rings is 2. The van der Waals surface area contributed by atoms with Crippen LogP contribution in [0.15, 0.2) is 66.9 Å². The topological polar surface area (TPSA) is 25.2 Å². The number of carbonyl (C=O) groups excluding carboxylic acids is 1. The van der Waals surface area contributed by atoms with E-state index in [-0.39, 0.29) is 17.8 Å². The summed E-state index contributed by atoms with van der Waals surface area (Å²) in [5.74, 6) is -0.488. The molecule has 0 saturated heterocycles. The quantitative estimate of drug-likeness (QED) is 0.455. The number of carbonyl (C=O) groups is 1. The standard InChI is InChI=1S/C25H26ClFN2O/c26-24-14-5-4-8-20(24)17-28-15-7-13-23(28)18-29(22-11-2-1-3-12-22)25(30)19-9-6-10-21(27)16-19/h4-10,13-16,22H,1-3,11-12,17-18H2. The molecule has 0 N–H and O–H groups in total. The lowest BCUT2D eigenvalue weighted by molar-refractivity contribution is 0.0608. The second-order valence-electron chi connectivity index (χ2n) is 7.95. The maximum atomic E-state index is 13.8. The summed E-state index contributed by atoms with van der Waals surface area (Å²) in [7, 11) is 0. The Balaban J connectivity index is 1.60. The third kappa shape index (κ3) is 4.76. The molecule has 1 fully saturated rings. The Morgan fingerprint density at radius 2 is 1.83 bits per heavy atom. The van der Waals surface area contributed by atoms with Crippen LogP contribution in [0.3, 0.4) is 0 Å². The lowest BCUT2D eigenvalue weighted by atomic mass is 9.93. The Bertz CT molecular complexity index is 1010. The van der Waals surface area contributed by atoms with E-state index in [1.165, 1.54) is 18.6 Å². The van der Waals surface area contributed by atoms with Crippen molar-refractivity contribution in [1.82, 2.24) is 9.47 Å². The van der Waals surface area contributed by atoms with Crippen molar-refractivity contribution < 1.29 is 9.18 Å². The lowest BCUT2D eigenvalue weighted by Gasteiger charge is -2.35. The van der Waals surface area contributed by atoms with Crippen molar-refractivity contribution >= 4 is 17.5 Å². The highest BCUT2D eigenvalue weighted by molar-refractivity contribution is 6.31. The van der Waals surface area contributed by atoms with Crippen LogP contribution in [0, 0.1) is 5.82 Å². The van der Waals surface area contributed by atoms with Gasteiger partial charge < -0.3 is 9.47 Å². The van der Waals surface area contributed by atoms with Gasteiger partial charge in [0, 0.05) is 35.1 Å².